The van der Waals surface area contributed by atoms with Crippen LogP contribution in [0.4, 0.5) is 0 Å². The van der Waals surface area contributed by atoms with Crippen LogP contribution in [-0.4, -0.2) is 18.0 Å². The third-order valence-electron chi connectivity index (χ3n) is 4.39. The standard InChI is InChI=1S/C19H19NO/c1-2-17(20-11-5-6-12-20)14-9-10-19-16(13-14)15-7-3-4-8-18(15)21-19/h2-4,7-10,13H,5-6,11-12H2,1H3. The zero-order valence-corrected chi connectivity index (χ0v) is 12.3. The Balaban J connectivity index is 1.87. The van der Waals surface area contributed by atoms with Crippen LogP contribution in [0, 0.1) is 0 Å². The van der Waals surface area contributed by atoms with Gasteiger partial charge in [-0.3, -0.25) is 0 Å². The van der Waals surface area contributed by atoms with Crippen molar-refractivity contribution in [3.63, 3.8) is 0 Å². The Kier molecular flexibility index (Phi) is 2.95. The molecule has 2 heterocycles. The van der Waals surface area contributed by atoms with Gasteiger partial charge in [0.05, 0.1) is 0 Å². The molecule has 1 fully saturated rings. The summed E-state index contributed by atoms with van der Waals surface area (Å²) in [5.41, 5.74) is 4.57. The number of furan rings is 1. The van der Waals surface area contributed by atoms with Gasteiger partial charge in [0.15, 0.2) is 0 Å². The van der Waals surface area contributed by atoms with E-state index in [1.165, 1.54) is 48.0 Å². The Morgan fingerprint density at radius 1 is 1.00 bits per heavy atom. The lowest BCUT2D eigenvalue weighted by Gasteiger charge is -2.21. The van der Waals surface area contributed by atoms with E-state index in [1.54, 1.807) is 0 Å². The third-order valence-corrected chi connectivity index (χ3v) is 4.39. The lowest BCUT2D eigenvalue weighted by atomic mass is 10.1. The largest absolute Gasteiger partial charge is 0.456 e. The third kappa shape index (κ3) is 2.02. The van der Waals surface area contributed by atoms with Crippen LogP contribution in [0.1, 0.15) is 25.3 Å². The number of rotatable bonds is 2. The van der Waals surface area contributed by atoms with Crippen LogP contribution in [0.15, 0.2) is 53.0 Å². The molecule has 1 saturated heterocycles. The molecule has 2 heteroatoms. The topological polar surface area (TPSA) is 16.4 Å². The molecule has 0 aliphatic carbocycles. The molecule has 0 amide bonds. The van der Waals surface area contributed by atoms with Gasteiger partial charge in [-0.1, -0.05) is 24.3 Å². The van der Waals surface area contributed by atoms with Crippen molar-refractivity contribution in [2.45, 2.75) is 19.8 Å². The van der Waals surface area contributed by atoms with Crippen LogP contribution in [0.3, 0.4) is 0 Å². The molecule has 3 aromatic rings. The molecule has 2 nitrogen and oxygen atoms in total. The highest BCUT2D eigenvalue weighted by molar-refractivity contribution is 6.05. The van der Waals surface area contributed by atoms with Crippen LogP contribution < -0.4 is 0 Å². The van der Waals surface area contributed by atoms with Crippen LogP contribution in [0.2, 0.25) is 0 Å². The second-order valence-electron chi connectivity index (χ2n) is 5.68. The summed E-state index contributed by atoms with van der Waals surface area (Å²) < 4.78 is 5.91. The molecule has 1 aromatic heterocycles. The average molecular weight is 277 g/mol. The first-order valence-electron chi connectivity index (χ1n) is 7.70. The molecule has 0 unspecified atom stereocenters. The van der Waals surface area contributed by atoms with Crippen molar-refractivity contribution in [2.24, 2.45) is 0 Å². The van der Waals surface area contributed by atoms with E-state index in [1.807, 2.05) is 12.1 Å². The summed E-state index contributed by atoms with van der Waals surface area (Å²) in [5, 5.41) is 2.41. The van der Waals surface area contributed by atoms with Gasteiger partial charge in [0.1, 0.15) is 11.2 Å². The van der Waals surface area contributed by atoms with Crippen molar-refractivity contribution in [1.82, 2.24) is 4.90 Å². The first-order valence-corrected chi connectivity index (χ1v) is 7.70. The first kappa shape index (κ1) is 12.5. The number of benzene rings is 2. The molecule has 21 heavy (non-hydrogen) atoms. The minimum atomic E-state index is 0.966. The van der Waals surface area contributed by atoms with E-state index in [2.05, 4.69) is 48.2 Å². The Labute approximate surface area is 124 Å². The van der Waals surface area contributed by atoms with E-state index >= 15 is 0 Å². The maximum atomic E-state index is 5.91. The zero-order valence-electron chi connectivity index (χ0n) is 12.3. The van der Waals surface area contributed by atoms with Gasteiger partial charge in [0, 0.05) is 29.6 Å². The molecule has 1 aliphatic heterocycles. The fourth-order valence-corrected chi connectivity index (χ4v) is 3.38. The van der Waals surface area contributed by atoms with Crippen LogP contribution >= 0.6 is 0 Å². The summed E-state index contributed by atoms with van der Waals surface area (Å²) >= 11 is 0. The Morgan fingerprint density at radius 3 is 2.57 bits per heavy atom. The minimum absolute atomic E-state index is 0.966. The first-order chi connectivity index (χ1) is 10.4. The summed E-state index contributed by atoms with van der Waals surface area (Å²) in [6.45, 7) is 4.47. The number of hydrogen-bond acceptors (Lipinski definition) is 2. The molecule has 0 bridgehead atoms. The quantitative estimate of drug-likeness (QED) is 0.652. The van der Waals surface area contributed by atoms with Gasteiger partial charge in [0.2, 0.25) is 0 Å². The van der Waals surface area contributed by atoms with Gasteiger partial charge in [-0.25, -0.2) is 0 Å². The normalized spacial score (nSPS) is 16.2. The van der Waals surface area contributed by atoms with Crippen molar-refractivity contribution >= 4 is 27.6 Å². The van der Waals surface area contributed by atoms with Crippen molar-refractivity contribution in [1.29, 1.82) is 0 Å². The molecule has 0 spiro atoms. The van der Waals surface area contributed by atoms with E-state index < -0.39 is 0 Å². The van der Waals surface area contributed by atoms with Crippen LogP contribution in [-0.2, 0) is 0 Å². The maximum Gasteiger partial charge on any atom is 0.135 e. The van der Waals surface area contributed by atoms with Gasteiger partial charge in [-0.05, 0) is 49.6 Å². The van der Waals surface area contributed by atoms with Crippen molar-refractivity contribution < 1.29 is 4.42 Å². The molecular formula is C19H19NO. The number of allylic oxidation sites excluding steroid dienone is 1. The monoisotopic (exact) mass is 277 g/mol. The summed E-state index contributed by atoms with van der Waals surface area (Å²) in [5.74, 6) is 0. The highest BCUT2D eigenvalue weighted by Gasteiger charge is 2.16. The number of likely N-dealkylation sites (tertiary alicyclic amines) is 1. The second kappa shape index (κ2) is 4.96. The number of nitrogens with zero attached hydrogens (tertiary/aromatic N) is 1. The smallest absolute Gasteiger partial charge is 0.135 e. The predicted octanol–water partition coefficient (Wildman–Crippen LogP) is 5.04. The van der Waals surface area contributed by atoms with Gasteiger partial charge < -0.3 is 9.32 Å². The SMILES string of the molecule is CC=C(c1ccc2oc3ccccc3c2c1)N1CCCC1. The molecule has 4 rings (SSSR count). The van der Waals surface area contributed by atoms with Crippen molar-refractivity contribution in [3.05, 3.63) is 54.1 Å². The maximum absolute atomic E-state index is 5.91. The van der Waals surface area contributed by atoms with E-state index in [-0.39, 0.29) is 0 Å². The zero-order chi connectivity index (χ0) is 14.2. The van der Waals surface area contributed by atoms with E-state index in [4.69, 9.17) is 4.42 Å². The lowest BCUT2D eigenvalue weighted by Crippen LogP contribution is -2.17. The van der Waals surface area contributed by atoms with Crippen molar-refractivity contribution in [3.8, 4) is 0 Å². The lowest BCUT2D eigenvalue weighted by molar-refractivity contribution is 0.492. The molecule has 1 aliphatic rings. The van der Waals surface area contributed by atoms with Crippen LogP contribution in [0.25, 0.3) is 27.6 Å². The van der Waals surface area contributed by atoms with Crippen molar-refractivity contribution in [2.75, 3.05) is 13.1 Å². The summed E-state index contributed by atoms with van der Waals surface area (Å²) in [7, 11) is 0. The Bertz CT molecular complexity index is 822. The predicted molar refractivity (Wildman–Crippen MR) is 88.2 cm³/mol. The van der Waals surface area contributed by atoms with Gasteiger partial charge in [-0.15, -0.1) is 0 Å². The minimum Gasteiger partial charge on any atom is -0.456 e. The molecule has 0 saturated carbocycles. The Hall–Kier alpha value is -2.22. The van der Waals surface area contributed by atoms with Gasteiger partial charge in [0.25, 0.3) is 0 Å². The summed E-state index contributed by atoms with van der Waals surface area (Å²) in [4.78, 5) is 2.49. The van der Waals surface area contributed by atoms with Gasteiger partial charge in [-0.2, -0.15) is 0 Å². The second-order valence-corrected chi connectivity index (χ2v) is 5.68. The van der Waals surface area contributed by atoms with Gasteiger partial charge >= 0.3 is 0 Å². The molecule has 0 N–H and O–H groups in total. The van der Waals surface area contributed by atoms with E-state index in [0.29, 0.717) is 0 Å². The molecule has 0 radical (unpaired) electrons. The fraction of sp³-hybridized carbons (Fsp3) is 0.263. The van der Waals surface area contributed by atoms with E-state index in [0.717, 1.165) is 11.2 Å². The molecule has 106 valence electrons. The highest BCUT2D eigenvalue weighted by Crippen LogP contribution is 2.32. The Morgan fingerprint density at radius 2 is 1.76 bits per heavy atom. The van der Waals surface area contributed by atoms with Crippen LogP contribution in [0.5, 0.6) is 0 Å². The van der Waals surface area contributed by atoms with E-state index in [9.17, 15) is 0 Å². The fourth-order valence-electron chi connectivity index (χ4n) is 3.38. The average Bonchev–Trinajstić information content (AvgIpc) is 3.15. The number of para-hydroxylation sites is 1. The highest BCUT2D eigenvalue weighted by atomic mass is 16.3. The number of fused-ring (bicyclic) bond motifs is 3. The summed E-state index contributed by atoms with van der Waals surface area (Å²) in [6, 6.07) is 14.8. The molecule has 0 atom stereocenters. The molecular weight excluding hydrogens is 258 g/mol. The molecule has 2 aromatic carbocycles. The summed E-state index contributed by atoms with van der Waals surface area (Å²) in [6.07, 6.45) is 4.83. The number of hydrogen-bond donors (Lipinski definition) is 0.